The van der Waals surface area contributed by atoms with E-state index in [0.29, 0.717) is 41.4 Å². The molecule has 0 spiro atoms. The van der Waals surface area contributed by atoms with Crippen LogP contribution in [0.5, 0.6) is 0 Å². The van der Waals surface area contributed by atoms with Gasteiger partial charge in [-0.3, -0.25) is 4.79 Å². The standard InChI is InChI=1S/C34H34F2N4O4/c1-3-21-6-5-7-22(10-21)18-37-19-31(41)30(13-23-11-27(35)17-28(36)12-23)40-32(42)24-14-25(33-38-8-9-43-33)16-26(15-24)34-39-29(4-2)20-44-34/h5-12,14-17,20,30-31,37,41H,3-4,13,18-19H2,1-2H3,(H,40,42)/t30-,31-/m0/s1. The summed E-state index contributed by atoms with van der Waals surface area (Å²) in [6, 6.07) is 15.4. The zero-order valence-corrected chi connectivity index (χ0v) is 24.5. The van der Waals surface area contributed by atoms with Gasteiger partial charge in [0.2, 0.25) is 11.8 Å². The van der Waals surface area contributed by atoms with E-state index in [9.17, 15) is 18.7 Å². The number of rotatable bonds is 13. The molecule has 2 heterocycles. The van der Waals surface area contributed by atoms with Crippen LogP contribution in [-0.4, -0.2) is 39.7 Å². The topological polar surface area (TPSA) is 113 Å². The molecule has 0 aliphatic carbocycles. The number of aliphatic hydroxyl groups is 1. The minimum absolute atomic E-state index is 0.0134. The average molecular weight is 601 g/mol. The molecule has 3 aromatic carbocycles. The molecule has 44 heavy (non-hydrogen) atoms. The largest absolute Gasteiger partial charge is 0.445 e. The van der Waals surface area contributed by atoms with Crippen LogP contribution in [-0.2, 0) is 25.8 Å². The summed E-state index contributed by atoms with van der Waals surface area (Å²) >= 11 is 0. The van der Waals surface area contributed by atoms with E-state index in [1.54, 1.807) is 24.5 Å². The van der Waals surface area contributed by atoms with Gasteiger partial charge in [-0.2, -0.15) is 0 Å². The number of aromatic nitrogens is 2. The number of nitrogens with zero attached hydrogens (tertiary/aromatic N) is 2. The van der Waals surface area contributed by atoms with Crippen molar-refractivity contribution in [2.45, 2.75) is 51.8 Å². The number of nitrogens with one attached hydrogen (secondary N) is 2. The third-order valence-corrected chi connectivity index (χ3v) is 7.28. The van der Waals surface area contributed by atoms with E-state index in [0.717, 1.165) is 23.7 Å². The first-order valence-electron chi connectivity index (χ1n) is 14.5. The number of hydrogen-bond acceptors (Lipinski definition) is 7. The smallest absolute Gasteiger partial charge is 0.251 e. The summed E-state index contributed by atoms with van der Waals surface area (Å²) in [6.45, 7) is 4.65. The van der Waals surface area contributed by atoms with Gasteiger partial charge in [-0.15, -0.1) is 0 Å². The quantitative estimate of drug-likeness (QED) is 0.154. The van der Waals surface area contributed by atoms with E-state index >= 15 is 0 Å². The Kier molecular flexibility index (Phi) is 9.93. The highest BCUT2D eigenvalue weighted by atomic mass is 19.1. The fraction of sp³-hybridized carbons (Fsp3) is 0.265. The van der Waals surface area contributed by atoms with Crippen LogP contribution in [0.4, 0.5) is 8.78 Å². The molecule has 0 fully saturated rings. The zero-order valence-electron chi connectivity index (χ0n) is 24.5. The van der Waals surface area contributed by atoms with Crippen molar-refractivity contribution < 1.29 is 27.5 Å². The molecule has 0 aliphatic rings. The summed E-state index contributed by atoms with van der Waals surface area (Å²) in [4.78, 5) is 22.4. The van der Waals surface area contributed by atoms with Crippen LogP contribution in [0.2, 0.25) is 0 Å². The first-order valence-corrected chi connectivity index (χ1v) is 14.5. The van der Waals surface area contributed by atoms with Crippen LogP contribution in [0, 0.1) is 11.6 Å². The van der Waals surface area contributed by atoms with Gasteiger partial charge in [0.15, 0.2) is 0 Å². The molecule has 0 saturated heterocycles. The van der Waals surface area contributed by atoms with Crippen LogP contribution in [0.1, 0.15) is 46.6 Å². The molecule has 5 aromatic rings. The molecule has 0 saturated carbocycles. The fourth-order valence-electron chi connectivity index (χ4n) is 4.96. The van der Waals surface area contributed by atoms with E-state index in [1.807, 2.05) is 19.1 Å². The number of amides is 1. The Morgan fingerprint density at radius 3 is 2.34 bits per heavy atom. The molecule has 228 valence electrons. The van der Waals surface area contributed by atoms with Crippen molar-refractivity contribution in [1.82, 2.24) is 20.6 Å². The highest BCUT2D eigenvalue weighted by Crippen LogP contribution is 2.28. The molecule has 1 amide bonds. The van der Waals surface area contributed by atoms with Crippen LogP contribution in [0.25, 0.3) is 22.9 Å². The molecule has 2 aromatic heterocycles. The predicted octanol–water partition coefficient (Wildman–Crippen LogP) is 5.89. The Balaban J connectivity index is 1.40. The van der Waals surface area contributed by atoms with Gasteiger partial charge in [0.05, 0.1) is 24.0 Å². The zero-order chi connectivity index (χ0) is 31.1. The lowest BCUT2D eigenvalue weighted by molar-refractivity contribution is 0.0830. The van der Waals surface area contributed by atoms with Crippen LogP contribution >= 0.6 is 0 Å². The third-order valence-electron chi connectivity index (χ3n) is 7.28. The van der Waals surface area contributed by atoms with Gasteiger partial charge in [-0.05, 0) is 66.3 Å². The maximum atomic E-state index is 14.0. The fourth-order valence-corrected chi connectivity index (χ4v) is 4.96. The predicted molar refractivity (Wildman–Crippen MR) is 162 cm³/mol. The Morgan fingerprint density at radius 1 is 0.909 bits per heavy atom. The number of carbonyl (C=O) groups is 1. The molecule has 0 aliphatic heterocycles. The summed E-state index contributed by atoms with van der Waals surface area (Å²) < 4.78 is 39.2. The molecule has 0 radical (unpaired) electrons. The van der Waals surface area contributed by atoms with Gasteiger partial charge in [0, 0.05) is 35.8 Å². The summed E-state index contributed by atoms with van der Waals surface area (Å²) in [7, 11) is 0. The highest BCUT2D eigenvalue weighted by molar-refractivity contribution is 5.96. The minimum atomic E-state index is -1.09. The Morgan fingerprint density at radius 2 is 1.66 bits per heavy atom. The summed E-state index contributed by atoms with van der Waals surface area (Å²) in [5.41, 5.74) is 4.59. The van der Waals surface area contributed by atoms with Crippen molar-refractivity contribution in [3.8, 4) is 22.9 Å². The van der Waals surface area contributed by atoms with Gasteiger partial charge in [-0.1, -0.05) is 38.1 Å². The normalized spacial score (nSPS) is 12.7. The van der Waals surface area contributed by atoms with E-state index in [-0.39, 0.29) is 18.5 Å². The number of oxazole rings is 2. The number of halogens is 2. The molecule has 3 N–H and O–H groups in total. The summed E-state index contributed by atoms with van der Waals surface area (Å²) in [5.74, 6) is -1.37. The van der Waals surface area contributed by atoms with E-state index < -0.39 is 29.7 Å². The maximum Gasteiger partial charge on any atom is 0.251 e. The number of aliphatic hydroxyl groups excluding tert-OH is 1. The lowest BCUT2D eigenvalue weighted by atomic mass is 9.99. The average Bonchev–Trinajstić information content (AvgIpc) is 3.73. The monoisotopic (exact) mass is 600 g/mol. The first-order chi connectivity index (χ1) is 21.3. The lowest BCUT2D eigenvalue weighted by Gasteiger charge is -2.25. The summed E-state index contributed by atoms with van der Waals surface area (Å²) in [6.07, 6.45) is 4.96. The molecule has 2 atom stereocenters. The second-order valence-electron chi connectivity index (χ2n) is 10.6. The van der Waals surface area contributed by atoms with Gasteiger partial charge in [0.25, 0.3) is 5.91 Å². The summed E-state index contributed by atoms with van der Waals surface area (Å²) in [5, 5.41) is 17.3. The van der Waals surface area contributed by atoms with E-state index in [2.05, 4.69) is 39.7 Å². The number of carbonyl (C=O) groups excluding carboxylic acids is 1. The molecular weight excluding hydrogens is 566 g/mol. The Bertz CT molecular complexity index is 1680. The third kappa shape index (κ3) is 7.83. The maximum absolute atomic E-state index is 14.0. The van der Waals surface area contributed by atoms with Crippen LogP contribution < -0.4 is 10.6 Å². The molecule has 0 bridgehead atoms. The number of hydrogen-bond donors (Lipinski definition) is 3. The van der Waals surface area contributed by atoms with Gasteiger partial charge in [-0.25, -0.2) is 18.7 Å². The van der Waals surface area contributed by atoms with Crippen molar-refractivity contribution in [2.75, 3.05) is 6.54 Å². The van der Waals surface area contributed by atoms with E-state index in [4.69, 9.17) is 8.83 Å². The van der Waals surface area contributed by atoms with Gasteiger partial charge >= 0.3 is 0 Å². The van der Waals surface area contributed by atoms with Crippen molar-refractivity contribution >= 4 is 5.91 Å². The molecule has 5 rings (SSSR count). The molecule has 8 nitrogen and oxygen atoms in total. The van der Waals surface area contributed by atoms with Crippen molar-refractivity contribution in [3.63, 3.8) is 0 Å². The number of benzene rings is 3. The van der Waals surface area contributed by atoms with Crippen molar-refractivity contribution in [1.29, 1.82) is 0 Å². The van der Waals surface area contributed by atoms with E-state index in [1.165, 1.54) is 30.2 Å². The Labute approximate surface area is 254 Å². The molecular formula is C34H34F2N4O4. The van der Waals surface area contributed by atoms with Crippen molar-refractivity contribution in [3.05, 3.63) is 119 Å². The highest BCUT2D eigenvalue weighted by Gasteiger charge is 2.24. The first kappa shape index (κ1) is 30.8. The second kappa shape index (κ2) is 14.2. The van der Waals surface area contributed by atoms with Gasteiger partial charge < -0.3 is 24.6 Å². The van der Waals surface area contributed by atoms with Crippen molar-refractivity contribution in [2.24, 2.45) is 0 Å². The van der Waals surface area contributed by atoms with Crippen LogP contribution in [0.3, 0.4) is 0 Å². The SMILES string of the molecule is CCc1cccc(CNC[C@H](O)[C@H](Cc2cc(F)cc(F)c2)NC(=O)c2cc(-c3ncco3)cc(-c3nc(CC)co3)c2)c1. The molecule has 0 unspecified atom stereocenters. The molecule has 10 heteroatoms. The van der Waals surface area contributed by atoms with Gasteiger partial charge in [0.1, 0.15) is 24.2 Å². The second-order valence-corrected chi connectivity index (χ2v) is 10.6. The number of aryl methyl sites for hydroxylation is 2. The Hall–Kier alpha value is -4.67. The van der Waals surface area contributed by atoms with Crippen LogP contribution in [0.15, 0.2) is 88.2 Å². The minimum Gasteiger partial charge on any atom is -0.445 e. The lowest BCUT2D eigenvalue weighted by Crippen LogP contribution is -2.48.